The van der Waals surface area contributed by atoms with Gasteiger partial charge in [-0.2, -0.15) is 5.10 Å². The highest BCUT2D eigenvalue weighted by atomic mass is 19.1. The van der Waals surface area contributed by atoms with Gasteiger partial charge in [-0.1, -0.05) is 0 Å². The average Bonchev–Trinajstić information content (AvgIpc) is 3.07. The number of H-pyrrole nitrogens is 1. The lowest BCUT2D eigenvalue weighted by atomic mass is 10.2. The number of aromatic nitrogens is 2. The number of piperazine rings is 1. The molecule has 2 aromatic rings. The molecule has 7 heteroatoms. The first-order valence-electron chi connectivity index (χ1n) is 7.26. The smallest absolute Gasteiger partial charge is 0.191 e. The quantitative estimate of drug-likeness (QED) is 0.660. The molecule has 0 amide bonds. The monoisotopic (exact) mass is 302 g/mol. The molecule has 6 nitrogen and oxygen atoms in total. The summed E-state index contributed by atoms with van der Waals surface area (Å²) in [6, 6.07) is 8.47. The van der Waals surface area contributed by atoms with Crippen molar-refractivity contribution < 1.29 is 4.39 Å². The van der Waals surface area contributed by atoms with Gasteiger partial charge < -0.3 is 15.5 Å². The summed E-state index contributed by atoms with van der Waals surface area (Å²) < 4.78 is 13.0. The number of benzene rings is 1. The molecule has 0 saturated carbocycles. The molecule has 116 valence electrons. The lowest BCUT2D eigenvalue weighted by Gasteiger charge is -2.36. The Morgan fingerprint density at radius 2 is 1.91 bits per heavy atom. The van der Waals surface area contributed by atoms with Gasteiger partial charge in [-0.05, 0) is 30.3 Å². The second kappa shape index (κ2) is 6.46. The summed E-state index contributed by atoms with van der Waals surface area (Å²) in [6.07, 6.45) is 1.70. The van der Waals surface area contributed by atoms with Crippen LogP contribution in [0, 0.1) is 5.82 Å². The lowest BCUT2D eigenvalue weighted by molar-refractivity contribution is 0.380. The van der Waals surface area contributed by atoms with Crippen LogP contribution in [0.5, 0.6) is 0 Å². The largest absolute Gasteiger partial charge is 0.370 e. The third-order valence-electron chi connectivity index (χ3n) is 3.77. The SMILES string of the molecule is NC(=NCc1ccn[nH]1)N1CCN(c2ccc(F)cc2)CC1. The lowest BCUT2D eigenvalue weighted by Crippen LogP contribution is -2.51. The van der Waals surface area contributed by atoms with Gasteiger partial charge in [0.05, 0.1) is 12.2 Å². The first-order valence-corrected chi connectivity index (χ1v) is 7.26. The van der Waals surface area contributed by atoms with E-state index in [0.717, 1.165) is 37.6 Å². The van der Waals surface area contributed by atoms with Crippen LogP contribution in [0.4, 0.5) is 10.1 Å². The summed E-state index contributed by atoms with van der Waals surface area (Å²) in [4.78, 5) is 8.67. The number of rotatable bonds is 3. The molecular formula is C15H19FN6. The van der Waals surface area contributed by atoms with Crippen LogP contribution in [-0.4, -0.2) is 47.2 Å². The third-order valence-corrected chi connectivity index (χ3v) is 3.77. The van der Waals surface area contributed by atoms with Crippen LogP contribution in [0.25, 0.3) is 0 Å². The zero-order valence-electron chi connectivity index (χ0n) is 12.2. The van der Waals surface area contributed by atoms with Crippen molar-refractivity contribution in [2.24, 2.45) is 10.7 Å². The number of anilines is 1. The molecule has 0 aliphatic carbocycles. The molecule has 0 radical (unpaired) electrons. The highest BCUT2D eigenvalue weighted by molar-refractivity contribution is 5.78. The van der Waals surface area contributed by atoms with E-state index in [2.05, 4.69) is 25.0 Å². The van der Waals surface area contributed by atoms with Crippen LogP contribution in [0.3, 0.4) is 0 Å². The van der Waals surface area contributed by atoms with Gasteiger partial charge in [0.15, 0.2) is 5.96 Å². The molecule has 2 heterocycles. The first kappa shape index (κ1) is 14.4. The second-order valence-corrected chi connectivity index (χ2v) is 5.21. The molecule has 3 rings (SSSR count). The first-order chi connectivity index (χ1) is 10.7. The van der Waals surface area contributed by atoms with Crippen molar-refractivity contribution in [2.75, 3.05) is 31.1 Å². The third kappa shape index (κ3) is 3.36. The maximum atomic E-state index is 13.0. The predicted molar refractivity (Wildman–Crippen MR) is 84.1 cm³/mol. The number of hydrogen-bond acceptors (Lipinski definition) is 3. The van der Waals surface area contributed by atoms with Crippen LogP contribution in [0.15, 0.2) is 41.5 Å². The number of halogens is 1. The zero-order valence-corrected chi connectivity index (χ0v) is 12.2. The minimum absolute atomic E-state index is 0.211. The number of aliphatic imine (C=N–C) groups is 1. The number of hydrogen-bond donors (Lipinski definition) is 2. The van der Waals surface area contributed by atoms with Crippen molar-refractivity contribution in [3.63, 3.8) is 0 Å². The highest BCUT2D eigenvalue weighted by Crippen LogP contribution is 2.16. The Balaban J connectivity index is 1.54. The van der Waals surface area contributed by atoms with E-state index in [-0.39, 0.29) is 5.82 Å². The van der Waals surface area contributed by atoms with Crippen LogP contribution < -0.4 is 10.6 Å². The van der Waals surface area contributed by atoms with Gasteiger partial charge in [-0.3, -0.25) is 5.10 Å². The van der Waals surface area contributed by atoms with E-state index in [0.29, 0.717) is 12.5 Å². The normalized spacial score (nSPS) is 16.1. The van der Waals surface area contributed by atoms with Crippen LogP contribution in [0.2, 0.25) is 0 Å². The molecule has 0 unspecified atom stereocenters. The van der Waals surface area contributed by atoms with Gasteiger partial charge in [-0.25, -0.2) is 9.38 Å². The molecule has 22 heavy (non-hydrogen) atoms. The van der Waals surface area contributed by atoms with Crippen molar-refractivity contribution in [1.82, 2.24) is 15.1 Å². The van der Waals surface area contributed by atoms with Gasteiger partial charge in [-0.15, -0.1) is 0 Å². The fourth-order valence-electron chi connectivity index (χ4n) is 2.48. The van der Waals surface area contributed by atoms with Gasteiger partial charge in [0.2, 0.25) is 0 Å². The van der Waals surface area contributed by atoms with E-state index in [1.165, 1.54) is 12.1 Å². The standard InChI is InChI=1S/C15H19FN6/c16-12-1-3-14(4-2-12)21-7-9-22(10-8-21)15(17)18-11-13-5-6-19-20-13/h1-6H,7-11H2,(H2,17,18)(H,19,20). The topological polar surface area (TPSA) is 73.5 Å². The molecule has 0 atom stereocenters. The number of nitrogens with zero attached hydrogens (tertiary/aromatic N) is 4. The Hall–Kier alpha value is -2.57. The summed E-state index contributed by atoms with van der Waals surface area (Å²) >= 11 is 0. The molecule has 1 aliphatic heterocycles. The number of aromatic amines is 1. The second-order valence-electron chi connectivity index (χ2n) is 5.21. The van der Waals surface area contributed by atoms with E-state index in [9.17, 15) is 4.39 Å². The fourth-order valence-corrected chi connectivity index (χ4v) is 2.48. The van der Waals surface area contributed by atoms with E-state index in [1.54, 1.807) is 18.3 Å². The number of nitrogens with one attached hydrogen (secondary N) is 1. The van der Waals surface area contributed by atoms with E-state index >= 15 is 0 Å². The number of guanidine groups is 1. The Labute approximate surface area is 128 Å². The summed E-state index contributed by atoms with van der Waals surface area (Å²) in [5, 5.41) is 6.74. The Morgan fingerprint density at radius 3 is 2.55 bits per heavy atom. The summed E-state index contributed by atoms with van der Waals surface area (Å²) in [6.45, 7) is 3.78. The Morgan fingerprint density at radius 1 is 1.18 bits per heavy atom. The minimum atomic E-state index is -0.211. The van der Waals surface area contributed by atoms with Crippen molar-refractivity contribution in [1.29, 1.82) is 0 Å². The highest BCUT2D eigenvalue weighted by Gasteiger charge is 2.18. The van der Waals surface area contributed by atoms with Gasteiger partial charge in [0, 0.05) is 38.1 Å². The number of nitrogens with two attached hydrogens (primary N) is 1. The molecule has 1 aromatic heterocycles. The van der Waals surface area contributed by atoms with Gasteiger partial charge in [0.1, 0.15) is 5.82 Å². The fraction of sp³-hybridized carbons (Fsp3) is 0.333. The molecular weight excluding hydrogens is 283 g/mol. The molecule has 1 aliphatic rings. The predicted octanol–water partition coefficient (Wildman–Crippen LogP) is 1.19. The van der Waals surface area contributed by atoms with Crippen molar-refractivity contribution in [2.45, 2.75) is 6.54 Å². The summed E-state index contributed by atoms with van der Waals surface area (Å²) in [5.41, 5.74) is 8.02. The Bertz CT molecular complexity index is 614. The average molecular weight is 302 g/mol. The molecule has 3 N–H and O–H groups in total. The van der Waals surface area contributed by atoms with E-state index in [4.69, 9.17) is 5.73 Å². The van der Waals surface area contributed by atoms with Crippen molar-refractivity contribution in [3.8, 4) is 0 Å². The summed E-state index contributed by atoms with van der Waals surface area (Å²) in [7, 11) is 0. The molecule has 1 fully saturated rings. The minimum Gasteiger partial charge on any atom is -0.370 e. The zero-order chi connectivity index (χ0) is 15.4. The van der Waals surface area contributed by atoms with Crippen molar-refractivity contribution >= 4 is 11.6 Å². The maximum Gasteiger partial charge on any atom is 0.191 e. The maximum absolute atomic E-state index is 13.0. The molecule has 0 bridgehead atoms. The Kier molecular flexibility index (Phi) is 4.22. The molecule has 1 aromatic carbocycles. The van der Waals surface area contributed by atoms with Crippen LogP contribution in [-0.2, 0) is 6.54 Å². The summed E-state index contributed by atoms with van der Waals surface area (Å²) in [5.74, 6) is 0.339. The van der Waals surface area contributed by atoms with Crippen molar-refractivity contribution in [3.05, 3.63) is 48.0 Å². The molecule has 1 saturated heterocycles. The van der Waals surface area contributed by atoms with Crippen LogP contribution >= 0.6 is 0 Å². The van der Waals surface area contributed by atoms with Gasteiger partial charge in [0.25, 0.3) is 0 Å². The molecule has 0 spiro atoms. The van der Waals surface area contributed by atoms with E-state index < -0.39 is 0 Å². The van der Waals surface area contributed by atoms with E-state index in [1.807, 2.05) is 6.07 Å². The van der Waals surface area contributed by atoms with Gasteiger partial charge >= 0.3 is 0 Å². The van der Waals surface area contributed by atoms with Crippen LogP contribution in [0.1, 0.15) is 5.69 Å².